The van der Waals surface area contributed by atoms with Crippen LogP contribution in [0.5, 0.6) is 0 Å². The highest BCUT2D eigenvalue weighted by atomic mass is 19.1. The van der Waals surface area contributed by atoms with Crippen molar-refractivity contribution in [3.63, 3.8) is 0 Å². The molecule has 38 heavy (non-hydrogen) atoms. The Labute approximate surface area is 228 Å². The number of hydrogen-bond donors (Lipinski definition) is 1. The molecule has 0 bridgehead atoms. The third-order valence-corrected chi connectivity index (χ3v) is 7.67. The van der Waals surface area contributed by atoms with Gasteiger partial charge >= 0.3 is 0 Å². The predicted molar refractivity (Wildman–Crippen MR) is 154 cm³/mol. The molecule has 6 heteroatoms. The van der Waals surface area contributed by atoms with Crippen molar-refractivity contribution >= 4 is 17.5 Å². The van der Waals surface area contributed by atoms with Crippen molar-refractivity contribution in [2.75, 3.05) is 37.6 Å². The summed E-state index contributed by atoms with van der Waals surface area (Å²) in [5.74, 6) is -0.137. The van der Waals surface area contributed by atoms with Crippen molar-refractivity contribution in [3.05, 3.63) is 64.5 Å². The van der Waals surface area contributed by atoms with Crippen LogP contribution < -0.4 is 10.2 Å². The Bertz CT molecular complexity index is 1060. The third kappa shape index (κ3) is 7.89. The minimum absolute atomic E-state index is 0.0792. The minimum Gasteiger partial charge on any atom is -0.351 e. The second kappa shape index (κ2) is 14.4. The van der Waals surface area contributed by atoms with Crippen LogP contribution in [0.2, 0.25) is 0 Å². The number of aryl methyl sites for hydroxylation is 2. The van der Waals surface area contributed by atoms with Gasteiger partial charge in [0.2, 0.25) is 5.91 Å². The van der Waals surface area contributed by atoms with E-state index in [1.54, 1.807) is 6.07 Å². The fraction of sp³-hybridized carbons (Fsp3) is 0.562. The number of nitrogens with one attached hydrogen (secondary N) is 1. The molecule has 0 radical (unpaired) electrons. The Balaban J connectivity index is 1.69. The second-order valence-corrected chi connectivity index (χ2v) is 11.0. The van der Waals surface area contributed by atoms with Crippen molar-refractivity contribution in [1.29, 1.82) is 0 Å². The summed E-state index contributed by atoms with van der Waals surface area (Å²) in [6.45, 7) is 14.5. The number of piperidine rings is 1. The van der Waals surface area contributed by atoms with Gasteiger partial charge < -0.3 is 15.1 Å². The summed E-state index contributed by atoms with van der Waals surface area (Å²) in [6.07, 6.45) is 6.03. The van der Waals surface area contributed by atoms with Crippen molar-refractivity contribution in [2.45, 2.75) is 73.1 Å². The van der Waals surface area contributed by atoms with Crippen LogP contribution in [0.25, 0.3) is 0 Å². The highest BCUT2D eigenvalue weighted by Gasteiger charge is 2.34. The lowest BCUT2D eigenvalue weighted by Gasteiger charge is -2.38. The Morgan fingerprint density at radius 1 is 1.05 bits per heavy atom. The molecule has 0 aromatic heterocycles. The lowest BCUT2D eigenvalue weighted by Crippen LogP contribution is -2.46. The van der Waals surface area contributed by atoms with E-state index in [2.05, 4.69) is 24.1 Å². The molecule has 5 nitrogen and oxygen atoms in total. The Morgan fingerprint density at radius 3 is 2.29 bits per heavy atom. The zero-order chi connectivity index (χ0) is 27.7. The van der Waals surface area contributed by atoms with Gasteiger partial charge in [-0.15, -0.1) is 0 Å². The van der Waals surface area contributed by atoms with Crippen LogP contribution in [0, 0.1) is 31.5 Å². The topological polar surface area (TPSA) is 52.7 Å². The summed E-state index contributed by atoms with van der Waals surface area (Å²) >= 11 is 0. The van der Waals surface area contributed by atoms with E-state index in [9.17, 15) is 14.0 Å². The number of rotatable bonds is 13. The van der Waals surface area contributed by atoms with Gasteiger partial charge in [0.25, 0.3) is 5.91 Å². The van der Waals surface area contributed by atoms with E-state index in [0.717, 1.165) is 42.9 Å². The van der Waals surface area contributed by atoms with Gasteiger partial charge in [-0.2, -0.15) is 0 Å². The average Bonchev–Trinajstić information content (AvgIpc) is 2.88. The van der Waals surface area contributed by atoms with Gasteiger partial charge in [0.15, 0.2) is 0 Å². The van der Waals surface area contributed by atoms with E-state index in [0.29, 0.717) is 30.6 Å². The molecule has 1 aliphatic rings. The third-order valence-electron chi connectivity index (χ3n) is 7.67. The van der Waals surface area contributed by atoms with Gasteiger partial charge in [-0.3, -0.25) is 9.59 Å². The molecule has 2 aromatic rings. The first kappa shape index (κ1) is 29.8. The molecule has 0 spiro atoms. The molecule has 2 amide bonds. The minimum atomic E-state index is -0.190. The van der Waals surface area contributed by atoms with Crippen molar-refractivity contribution in [3.8, 4) is 0 Å². The molecule has 2 aromatic carbocycles. The maximum atomic E-state index is 14.3. The molecular formula is C32H46FN3O2. The molecule has 0 aliphatic carbocycles. The Hall–Kier alpha value is -2.73. The highest BCUT2D eigenvalue weighted by Crippen LogP contribution is 2.34. The van der Waals surface area contributed by atoms with Crippen molar-refractivity contribution in [2.24, 2.45) is 11.8 Å². The first-order valence-corrected chi connectivity index (χ1v) is 14.4. The van der Waals surface area contributed by atoms with Gasteiger partial charge in [-0.05, 0) is 93.4 Å². The molecule has 0 saturated carbocycles. The summed E-state index contributed by atoms with van der Waals surface area (Å²) in [5.41, 5.74) is 4.02. The van der Waals surface area contributed by atoms with Crippen molar-refractivity contribution < 1.29 is 14.0 Å². The van der Waals surface area contributed by atoms with Gasteiger partial charge in [-0.1, -0.05) is 51.8 Å². The van der Waals surface area contributed by atoms with E-state index >= 15 is 0 Å². The Kier molecular flexibility index (Phi) is 11.3. The fourth-order valence-corrected chi connectivity index (χ4v) is 5.66. The first-order chi connectivity index (χ1) is 18.2. The number of nitrogens with zero attached hydrogens (tertiary/aromatic N) is 2. The Morgan fingerprint density at radius 2 is 1.68 bits per heavy atom. The van der Waals surface area contributed by atoms with Gasteiger partial charge in [0.1, 0.15) is 5.82 Å². The standard InChI is InChI=1S/C32H46FN3O2/c1-6-8-15-35(16-9-7-2)17-14-34-31(37)28-19-23(3)30(24(4)20-28)36-22-26(18-25(5)32(36)38)21-27-12-10-11-13-29(27)33/h10-13,19-20,25-26H,6-9,14-18,21-22H2,1-5H3,(H,34,37)/t25-,26-/m1/s1. The van der Waals surface area contributed by atoms with Crippen LogP contribution in [0.1, 0.15) is 79.9 Å². The molecule has 208 valence electrons. The van der Waals surface area contributed by atoms with E-state index in [4.69, 9.17) is 0 Å². The van der Waals surface area contributed by atoms with Crippen LogP contribution >= 0.6 is 0 Å². The zero-order valence-corrected chi connectivity index (χ0v) is 24.0. The molecule has 1 fully saturated rings. The van der Waals surface area contributed by atoms with Crippen LogP contribution in [0.15, 0.2) is 36.4 Å². The molecule has 3 rings (SSSR count). The highest BCUT2D eigenvalue weighted by molar-refractivity contribution is 5.99. The molecule has 1 saturated heterocycles. The van der Waals surface area contributed by atoms with Crippen LogP contribution in [0.3, 0.4) is 0 Å². The number of anilines is 1. The van der Waals surface area contributed by atoms with Crippen LogP contribution in [-0.4, -0.2) is 49.4 Å². The summed E-state index contributed by atoms with van der Waals surface area (Å²) in [7, 11) is 0. The molecule has 2 atom stereocenters. The van der Waals surface area contributed by atoms with Crippen molar-refractivity contribution in [1.82, 2.24) is 10.2 Å². The number of benzene rings is 2. The lowest BCUT2D eigenvalue weighted by atomic mass is 9.84. The maximum absolute atomic E-state index is 14.3. The predicted octanol–water partition coefficient (Wildman–Crippen LogP) is 6.31. The second-order valence-electron chi connectivity index (χ2n) is 11.0. The number of carbonyl (C=O) groups is 2. The SMILES string of the molecule is CCCCN(CCCC)CCNC(=O)c1cc(C)c(N2C[C@@H](Cc3ccccc3F)C[C@@H](C)C2=O)c(C)c1. The maximum Gasteiger partial charge on any atom is 0.251 e. The van der Waals surface area contributed by atoms with E-state index in [1.165, 1.54) is 31.7 Å². The van der Waals surface area contributed by atoms with E-state index in [1.807, 2.05) is 49.9 Å². The average molecular weight is 524 g/mol. The number of hydrogen-bond acceptors (Lipinski definition) is 3. The summed E-state index contributed by atoms with van der Waals surface area (Å²) in [6, 6.07) is 10.7. The number of unbranched alkanes of at least 4 members (excludes halogenated alkanes) is 2. The molecule has 1 aliphatic heterocycles. The normalized spacial score (nSPS) is 17.8. The smallest absolute Gasteiger partial charge is 0.251 e. The number of halogens is 1. The number of carbonyl (C=O) groups excluding carboxylic acids is 2. The largest absolute Gasteiger partial charge is 0.351 e. The number of amides is 2. The van der Waals surface area contributed by atoms with Gasteiger partial charge in [0.05, 0.1) is 0 Å². The zero-order valence-electron chi connectivity index (χ0n) is 24.0. The quantitative estimate of drug-likeness (QED) is 0.335. The lowest BCUT2D eigenvalue weighted by molar-refractivity contribution is -0.124. The molecule has 0 unspecified atom stereocenters. The molecule has 1 heterocycles. The van der Waals surface area contributed by atoms with E-state index < -0.39 is 0 Å². The van der Waals surface area contributed by atoms with Crippen LogP contribution in [0.4, 0.5) is 10.1 Å². The molecule has 1 N–H and O–H groups in total. The van der Waals surface area contributed by atoms with E-state index in [-0.39, 0.29) is 29.5 Å². The summed E-state index contributed by atoms with van der Waals surface area (Å²) in [4.78, 5) is 30.5. The summed E-state index contributed by atoms with van der Waals surface area (Å²) < 4.78 is 14.3. The fourth-order valence-electron chi connectivity index (χ4n) is 5.66. The molecular weight excluding hydrogens is 477 g/mol. The van der Waals surface area contributed by atoms with Crippen LogP contribution in [-0.2, 0) is 11.2 Å². The first-order valence-electron chi connectivity index (χ1n) is 14.4. The summed E-state index contributed by atoms with van der Waals surface area (Å²) in [5, 5.41) is 3.09. The van der Waals surface area contributed by atoms with Gasteiger partial charge in [-0.25, -0.2) is 4.39 Å². The monoisotopic (exact) mass is 523 g/mol. The van der Waals surface area contributed by atoms with Gasteiger partial charge in [0, 0.05) is 36.8 Å².